The number of carboxylic acids is 1. The molecule has 0 heterocycles. The minimum absolute atomic E-state index is 0.0975. The minimum Gasteiger partial charge on any atom is -0.496 e. The third kappa shape index (κ3) is 4.43. The second-order valence-corrected chi connectivity index (χ2v) is 5.01. The molecule has 0 aliphatic heterocycles. The predicted molar refractivity (Wildman–Crippen MR) is 83.0 cm³/mol. The Morgan fingerprint density at radius 3 is 2.65 bits per heavy atom. The predicted octanol–water partition coefficient (Wildman–Crippen LogP) is 2.37. The summed E-state index contributed by atoms with van der Waals surface area (Å²) in [7, 11) is 1.52. The average molecular weight is 319 g/mol. The van der Waals surface area contributed by atoms with Gasteiger partial charge in [-0.2, -0.15) is 0 Å². The SMILES string of the molecule is COc1ccc(CC(N)C(=O)O)cc1COc1ccccc1F. The van der Waals surface area contributed by atoms with Gasteiger partial charge in [0, 0.05) is 5.56 Å². The van der Waals surface area contributed by atoms with E-state index in [0.717, 1.165) is 5.56 Å². The van der Waals surface area contributed by atoms with Crippen molar-refractivity contribution in [3.05, 3.63) is 59.4 Å². The van der Waals surface area contributed by atoms with Gasteiger partial charge >= 0.3 is 5.97 Å². The van der Waals surface area contributed by atoms with Crippen molar-refractivity contribution in [2.24, 2.45) is 5.73 Å². The Balaban J connectivity index is 2.15. The Kier molecular flexibility index (Phi) is 5.54. The van der Waals surface area contributed by atoms with Gasteiger partial charge in [0.15, 0.2) is 11.6 Å². The van der Waals surface area contributed by atoms with Crippen LogP contribution in [0.15, 0.2) is 42.5 Å². The molecule has 2 aromatic rings. The largest absolute Gasteiger partial charge is 0.496 e. The van der Waals surface area contributed by atoms with Crippen LogP contribution in [0.1, 0.15) is 11.1 Å². The molecule has 122 valence electrons. The maximum Gasteiger partial charge on any atom is 0.320 e. The topological polar surface area (TPSA) is 81.8 Å². The fourth-order valence-electron chi connectivity index (χ4n) is 2.13. The van der Waals surface area contributed by atoms with E-state index in [0.29, 0.717) is 11.3 Å². The normalized spacial score (nSPS) is 11.8. The molecule has 2 rings (SSSR count). The number of nitrogens with two attached hydrogens (primary N) is 1. The zero-order valence-corrected chi connectivity index (χ0v) is 12.7. The Morgan fingerprint density at radius 2 is 2.00 bits per heavy atom. The number of carbonyl (C=O) groups is 1. The number of carboxylic acid groups (broad SMARTS) is 1. The van der Waals surface area contributed by atoms with Crippen molar-refractivity contribution in [3.8, 4) is 11.5 Å². The lowest BCUT2D eigenvalue weighted by Crippen LogP contribution is -2.32. The molecule has 1 atom stereocenters. The average Bonchev–Trinajstić information content (AvgIpc) is 2.54. The Labute approximate surface area is 133 Å². The molecule has 0 fully saturated rings. The maximum atomic E-state index is 13.6. The molecule has 0 aliphatic carbocycles. The highest BCUT2D eigenvalue weighted by molar-refractivity contribution is 5.73. The summed E-state index contributed by atoms with van der Waals surface area (Å²) in [6, 6.07) is 10.3. The van der Waals surface area contributed by atoms with Gasteiger partial charge in [-0.05, 0) is 36.2 Å². The van der Waals surface area contributed by atoms with Crippen molar-refractivity contribution in [3.63, 3.8) is 0 Å². The van der Waals surface area contributed by atoms with E-state index in [1.165, 1.54) is 19.2 Å². The molecular formula is C17H18FNO4. The third-order valence-corrected chi connectivity index (χ3v) is 3.34. The lowest BCUT2D eigenvalue weighted by molar-refractivity contribution is -0.138. The molecule has 0 aromatic heterocycles. The summed E-state index contributed by atoms with van der Waals surface area (Å²) in [6.07, 6.45) is 0.187. The number of methoxy groups -OCH3 is 1. The quantitative estimate of drug-likeness (QED) is 0.819. The monoisotopic (exact) mass is 319 g/mol. The number of rotatable bonds is 7. The van der Waals surface area contributed by atoms with Crippen LogP contribution in [0.2, 0.25) is 0 Å². The van der Waals surface area contributed by atoms with Crippen molar-refractivity contribution < 1.29 is 23.8 Å². The highest BCUT2D eigenvalue weighted by Crippen LogP contribution is 2.24. The van der Waals surface area contributed by atoms with Crippen molar-refractivity contribution in [1.82, 2.24) is 0 Å². The van der Waals surface area contributed by atoms with Crippen LogP contribution in [-0.2, 0) is 17.8 Å². The van der Waals surface area contributed by atoms with E-state index in [4.69, 9.17) is 20.3 Å². The number of halogens is 1. The number of hydrogen-bond donors (Lipinski definition) is 2. The number of benzene rings is 2. The molecule has 0 aliphatic rings. The number of para-hydroxylation sites is 1. The molecular weight excluding hydrogens is 301 g/mol. The minimum atomic E-state index is -1.06. The van der Waals surface area contributed by atoms with E-state index < -0.39 is 17.8 Å². The zero-order chi connectivity index (χ0) is 16.8. The van der Waals surface area contributed by atoms with Crippen LogP contribution in [0.5, 0.6) is 11.5 Å². The molecule has 6 heteroatoms. The summed E-state index contributed by atoms with van der Waals surface area (Å²) in [6.45, 7) is 0.0975. The molecule has 23 heavy (non-hydrogen) atoms. The first-order valence-corrected chi connectivity index (χ1v) is 7.02. The van der Waals surface area contributed by atoms with Crippen LogP contribution in [0.25, 0.3) is 0 Å². The summed E-state index contributed by atoms with van der Waals surface area (Å²) in [5, 5.41) is 8.88. The molecule has 3 N–H and O–H groups in total. The second kappa shape index (κ2) is 7.60. The third-order valence-electron chi connectivity index (χ3n) is 3.34. The molecule has 0 bridgehead atoms. The fourth-order valence-corrected chi connectivity index (χ4v) is 2.13. The van der Waals surface area contributed by atoms with Crippen molar-refractivity contribution >= 4 is 5.97 Å². The number of ether oxygens (including phenoxy) is 2. The van der Waals surface area contributed by atoms with E-state index in [9.17, 15) is 9.18 Å². The van der Waals surface area contributed by atoms with E-state index >= 15 is 0 Å². The maximum absolute atomic E-state index is 13.6. The summed E-state index contributed by atoms with van der Waals surface area (Å²) < 4.78 is 24.3. The van der Waals surface area contributed by atoms with Gasteiger partial charge in [-0.25, -0.2) is 4.39 Å². The van der Waals surface area contributed by atoms with E-state index in [-0.39, 0.29) is 18.8 Å². The highest BCUT2D eigenvalue weighted by atomic mass is 19.1. The molecule has 0 amide bonds. The number of hydrogen-bond acceptors (Lipinski definition) is 4. The molecule has 2 aromatic carbocycles. The van der Waals surface area contributed by atoms with Gasteiger partial charge in [-0.3, -0.25) is 4.79 Å². The Morgan fingerprint density at radius 1 is 1.26 bits per heavy atom. The van der Waals surface area contributed by atoms with Crippen LogP contribution in [0.4, 0.5) is 4.39 Å². The first-order valence-electron chi connectivity index (χ1n) is 7.02. The molecule has 0 spiro atoms. The van der Waals surface area contributed by atoms with Crippen LogP contribution < -0.4 is 15.2 Å². The van der Waals surface area contributed by atoms with E-state index in [1.54, 1.807) is 30.3 Å². The molecule has 5 nitrogen and oxygen atoms in total. The summed E-state index contributed by atoms with van der Waals surface area (Å²) in [5.41, 5.74) is 6.97. The Hall–Kier alpha value is -2.60. The second-order valence-electron chi connectivity index (χ2n) is 5.01. The Bertz CT molecular complexity index is 690. The molecule has 0 radical (unpaired) electrons. The van der Waals surface area contributed by atoms with E-state index in [1.807, 2.05) is 0 Å². The summed E-state index contributed by atoms with van der Waals surface area (Å²) >= 11 is 0. The van der Waals surface area contributed by atoms with Gasteiger partial charge in [-0.15, -0.1) is 0 Å². The molecule has 1 unspecified atom stereocenters. The first kappa shape index (κ1) is 16.8. The summed E-state index contributed by atoms with van der Waals surface area (Å²) in [5.74, 6) is -0.795. The van der Waals surface area contributed by atoms with Gasteiger partial charge in [0.25, 0.3) is 0 Å². The summed E-state index contributed by atoms with van der Waals surface area (Å²) in [4.78, 5) is 10.8. The molecule has 0 saturated heterocycles. The van der Waals surface area contributed by atoms with Crippen molar-refractivity contribution in [2.75, 3.05) is 7.11 Å². The zero-order valence-electron chi connectivity index (χ0n) is 12.7. The van der Waals surface area contributed by atoms with Crippen LogP contribution in [0.3, 0.4) is 0 Å². The van der Waals surface area contributed by atoms with Crippen molar-refractivity contribution in [1.29, 1.82) is 0 Å². The standard InChI is InChI=1S/C17H18FNO4/c1-22-15-7-6-11(9-14(19)17(20)21)8-12(15)10-23-16-5-3-2-4-13(16)18/h2-8,14H,9-10,19H2,1H3,(H,20,21). The first-order chi connectivity index (χ1) is 11.0. The van der Waals surface area contributed by atoms with Gasteiger partial charge in [0.2, 0.25) is 0 Å². The smallest absolute Gasteiger partial charge is 0.320 e. The van der Waals surface area contributed by atoms with Crippen LogP contribution in [-0.4, -0.2) is 24.2 Å². The van der Waals surface area contributed by atoms with Gasteiger partial charge in [0.1, 0.15) is 18.4 Å². The van der Waals surface area contributed by atoms with Gasteiger partial charge in [0.05, 0.1) is 7.11 Å². The van der Waals surface area contributed by atoms with Crippen molar-refractivity contribution in [2.45, 2.75) is 19.1 Å². The lowest BCUT2D eigenvalue weighted by Gasteiger charge is -2.13. The fraction of sp³-hybridized carbons (Fsp3) is 0.235. The molecule has 0 saturated carbocycles. The van der Waals surface area contributed by atoms with Gasteiger partial charge in [-0.1, -0.05) is 18.2 Å². The highest BCUT2D eigenvalue weighted by Gasteiger charge is 2.14. The number of aliphatic carboxylic acids is 1. The van der Waals surface area contributed by atoms with E-state index in [2.05, 4.69) is 0 Å². The van der Waals surface area contributed by atoms with Crippen LogP contribution >= 0.6 is 0 Å². The van der Waals surface area contributed by atoms with Gasteiger partial charge < -0.3 is 20.3 Å². The lowest BCUT2D eigenvalue weighted by atomic mass is 10.0. The van der Waals surface area contributed by atoms with Crippen LogP contribution in [0, 0.1) is 5.82 Å².